The lowest BCUT2D eigenvalue weighted by Crippen LogP contribution is -2.49. The summed E-state index contributed by atoms with van der Waals surface area (Å²) in [6.45, 7) is 19.7. The van der Waals surface area contributed by atoms with Gasteiger partial charge >= 0.3 is 0 Å². The number of hydrogen-bond acceptors (Lipinski definition) is 3. The summed E-state index contributed by atoms with van der Waals surface area (Å²) in [5.74, 6) is 1.59. The highest BCUT2D eigenvalue weighted by Crippen LogP contribution is 2.58. The van der Waals surface area contributed by atoms with Crippen LogP contribution < -0.4 is 4.90 Å². The lowest BCUT2D eigenvalue weighted by molar-refractivity contribution is 0.0460. The predicted octanol–water partition coefficient (Wildman–Crippen LogP) is 10.6. The van der Waals surface area contributed by atoms with Gasteiger partial charge in [-0.1, -0.05) is 52.0 Å². The molecular formula is C40H56N4. The van der Waals surface area contributed by atoms with Crippen LogP contribution in [0.2, 0.25) is 0 Å². The Morgan fingerprint density at radius 3 is 2.39 bits per heavy atom. The van der Waals surface area contributed by atoms with Gasteiger partial charge < -0.3 is 4.90 Å². The first-order valence-electron chi connectivity index (χ1n) is 17.6. The van der Waals surface area contributed by atoms with Crippen molar-refractivity contribution in [1.29, 1.82) is 0 Å². The van der Waals surface area contributed by atoms with E-state index in [4.69, 9.17) is 11.6 Å². The Morgan fingerprint density at radius 2 is 1.73 bits per heavy atom. The largest absolute Gasteiger partial charge is 0.330 e. The molecule has 4 aliphatic rings. The number of aromatic nitrogens is 3. The van der Waals surface area contributed by atoms with Crippen molar-refractivity contribution in [3.8, 4) is 11.1 Å². The lowest BCUT2D eigenvalue weighted by atomic mass is 9.51. The molecule has 4 aliphatic carbocycles. The van der Waals surface area contributed by atoms with Crippen LogP contribution in [0, 0.1) is 23.7 Å². The maximum atomic E-state index is 5.04. The predicted molar refractivity (Wildman–Crippen MR) is 185 cm³/mol. The number of hydrogen-bond donors (Lipinski definition) is 0. The maximum absolute atomic E-state index is 5.04. The summed E-state index contributed by atoms with van der Waals surface area (Å²) in [5, 5.41) is 4.63. The highest BCUT2D eigenvalue weighted by molar-refractivity contribution is 5.66. The highest BCUT2D eigenvalue weighted by atomic mass is 15.3. The molecule has 0 spiro atoms. The zero-order valence-electron chi connectivity index (χ0n) is 28.5. The van der Waals surface area contributed by atoms with Crippen molar-refractivity contribution in [2.45, 2.75) is 130 Å². The topological polar surface area (TPSA) is 34.0 Å². The van der Waals surface area contributed by atoms with Gasteiger partial charge in [0, 0.05) is 36.2 Å². The first-order chi connectivity index (χ1) is 21.0. The number of benzene rings is 1. The van der Waals surface area contributed by atoms with Crippen molar-refractivity contribution in [1.82, 2.24) is 14.8 Å². The molecule has 0 amide bonds. The van der Waals surface area contributed by atoms with Crippen LogP contribution in [0.4, 0.5) is 5.82 Å². The van der Waals surface area contributed by atoms with E-state index in [-0.39, 0.29) is 0 Å². The monoisotopic (exact) mass is 592 g/mol. The Bertz CT molecular complexity index is 1450. The number of anilines is 1. The molecule has 7 rings (SSSR count). The normalized spacial score (nSPS) is 26.5. The molecule has 4 fully saturated rings. The molecule has 0 radical (unpaired) electrons. The van der Waals surface area contributed by atoms with E-state index < -0.39 is 0 Å². The molecule has 236 valence electrons. The van der Waals surface area contributed by atoms with Gasteiger partial charge in [0.2, 0.25) is 0 Å². The fourth-order valence-electron chi connectivity index (χ4n) is 8.75. The zero-order valence-corrected chi connectivity index (χ0v) is 28.5. The van der Waals surface area contributed by atoms with Crippen molar-refractivity contribution < 1.29 is 0 Å². The number of rotatable bonds is 9. The fourth-order valence-corrected chi connectivity index (χ4v) is 8.75. The van der Waals surface area contributed by atoms with E-state index >= 15 is 0 Å². The molecular weight excluding hydrogens is 536 g/mol. The Labute approximate surface area is 267 Å². The number of aryl methyl sites for hydroxylation is 2. The molecule has 2 bridgehead atoms. The van der Waals surface area contributed by atoms with Gasteiger partial charge in [-0.25, -0.2) is 4.98 Å². The second kappa shape index (κ2) is 12.1. The van der Waals surface area contributed by atoms with Crippen LogP contribution in [0.1, 0.15) is 128 Å². The van der Waals surface area contributed by atoms with Gasteiger partial charge in [-0.15, -0.1) is 0 Å². The van der Waals surface area contributed by atoms with Crippen molar-refractivity contribution in [2.24, 2.45) is 16.7 Å². The molecule has 2 aromatic heterocycles. The second-order valence-electron chi connectivity index (χ2n) is 15.9. The minimum Gasteiger partial charge on any atom is -0.330 e. The molecule has 1 unspecified atom stereocenters. The summed E-state index contributed by atoms with van der Waals surface area (Å²) in [6.07, 6.45) is 21.4. The second-order valence-corrected chi connectivity index (χ2v) is 15.9. The molecule has 1 aromatic carbocycles. The minimum atomic E-state index is 0.327. The Morgan fingerprint density at radius 1 is 0.977 bits per heavy atom. The van der Waals surface area contributed by atoms with Crippen LogP contribution in [0.25, 0.3) is 11.1 Å². The average Bonchev–Trinajstić information content (AvgIpc) is 3.46. The van der Waals surface area contributed by atoms with Crippen LogP contribution in [-0.2, 0) is 11.8 Å². The van der Waals surface area contributed by atoms with Gasteiger partial charge in [0.1, 0.15) is 5.82 Å². The Kier molecular flexibility index (Phi) is 8.58. The molecule has 4 saturated carbocycles. The SMILES string of the molecule is C=C(C1CCCC(C)(C)CC1)N(CC12CCC(c3ccc(CC)c(C)c3)(CC1)CC2)c1cc(-c2cnn(C(C)C)c2)ccn1. The van der Waals surface area contributed by atoms with E-state index in [1.165, 1.54) is 93.0 Å². The molecule has 4 heteroatoms. The molecule has 0 aliphatic heterocycles. The maximum Gasteiger partial charge on any atom is 0.133 e. The van der Waals surface area contributed by atoms with Gasteiger partial charge in [0.25, 0.3) is 0 Å². The summed E-state index contributed by atoms with van der Waals surface area (Å²) in [6, 6.07) is 12.2. The van der Waals surface area contributed by atoms with Gasteiger partial charge in [-0.05, 0) is 148 Å². The van der Waals surface area contributed by atoms with Crippen molar-refractivity contribution in [3.63, 3.8) is 0 Å². The zero-order chi connectivity index (χ0) is 31.1. The Hall–Kier alpha value is -2.88. The average molecular weight is 593 g/mol. The van der Waals surface area contributed by atoms with E-state index in [1.54, 1.807) is 5.56 Å². The Balaban J connectivity index is 1.28. The third-order valence-electron chi connectivity index (χ3n) is 12.1. The first-order valence-corrected chi connectivity index (χ1v) is 17.6. The lowest BCUT2D eigenvalue weighted by Gasteiger charge is -2.55. The van der Waals surface area contributed by atoms with Crippen molar-refractivity contribution in [3.05, 3.63) is 77.9 Å². The fraction of sp³-hybridized carbons (Fsp3) is 0.600. The van der Waals surface area contributed by atoms with E-state index in [0.29, 0.717) is 28.2 Å². The smallest absolute Gasteiger partial charge is 0.133 e. The molecule has 0 N–H and O–H groups in total. The van der Waals surface area contributed by atoms with Crippen LogP contribution in [0.5, 0.6) is 0 Å². The van der Waals surface area contributed by atoms with Gasteiger partial charge in [-0.3, -0.25) is 4.68 Å². The quantitative estimate of drug-likeness (QED) is 0.232. The number of nitrogens with zero attached hydrogens (tertiary/aromatic N) is 4. The van der Waals surface area contributed by atoms with Gasteiger partial charge in [0.15, 0.2) is 0 Å². The number of pyridine rings is 1. The third kappa shape index (κ3) is 6.15. The minimum absolute atomic E-state index is 0.327. The van der Waals surface area contributed by atoms with E-state index in [2.05, 4.69) is 88.1 Å². The van der Waals surface area contributed by atoms with Crippen molar-refractivity contribution >= 4 is 5.82 Å². The highest BCUT2D eigenvalue weighted by Gasteiger charge is 2.50. The van der Waals surface area contributed by atoms with Gasteiger partial charge in [-0.2, -0.15) is 5.10 Å². The van der Waals surface area contributed by atoms with Crippen LogP contribution >= 0.6 is 0 Å². The standard InChI is InChI=1S/C40H56N4/c1-8-32-11-12-36(24-30(32)4)40-20-17-39(18-21-40,19-22-40)28-43(31(5)33-10-9-15-38(6,7)16-13-33)37-25-34(14-23-41-37)35-26-42-44(27-35)29(2)3/h11-12,14,23-27,29,33H,5,8-10,13,15-22,28H2,1-4,6-7H3. The molecule has 3 aromatic rings. The molecule has 4 nitrogen and oxygen atoms in total. The molecule has 1 atom stereocenters. The summed E-state index contributed by atoms with van der Waals surface area (Å²) in [7, 11) is 0. The molecule has 2 heterocycles. The summed E-state index contributed by atoms with van der Waals surface area (Å²) >= 11 is 0. The summed E-state index contributed by atoms with van der Waals surface area (Å²) in [5.41, 5.74) is 9.33. The molecule has 44 heavy (non-hydrogen) atoms. The van der Waals surface area contributed by atoms with E-state index in [0.717, 1.165) is 24.3 Å². The summed E-state index contributed by atoms with van der Waals surface area (Å²) < 4.78 is 2.05. The number of fused-ring (bicyclic) bond motifs is 3. The number of allylic oxidation sites excluding steroid dienone is 1. The first kappa shape index (κ1) is 31.1. The summed E-state index contributed by atoms with van der Waals surface area (Å²) in [4.78, 5) is 7.63. The van der Waals surface area contributed by atoms with Crippen LogP contribution in [0.15, 0.2) is 61.2 Å². The van der Waals surface area contributed by atoms with Crippen LogP contribution in [0.3, 0.4) is 0 Å². The van der Waals surface area contributed by atoms with Crippen LogP contribution in [-0.4, -0.2) is 21.3 Å². The third-order valence-corrected chi connectivity index (χ3v) is 12.1. The molecule has 0 saturated heterocycles. The van der Waals surface area contributed by atoms with Gasteiger partial charge in [0.05, 0.1) is 6.20 Å². The van der Waals surface area contributed by atoms with E-state index in [1.807, 2.05) is 17.1 Å². The van der Waals surface area contributed by atoms with Crippen molar-refractivity contribution in [2.75, 3.05) is 11.4 Å². The van der Waals surface area contributed by atoms with E-state index in [9.17, 15) is 0 Å².